The summed E-state index contributed by atoms with van der Waals surface area (Å²) in [7, 11) is 0. The molecule has 0 radical (unpaired) electrons. The van der Waals surface area contributed by atoms with Crippen molar-refractivity contribution in [3.05, 3.63) is 0 Å². The summed E-state index contributed by atoms with van der Waals surface area (Å²) in [6, 6.07) is 0.889. The highest BCUT2D eigenvalue weighted by molar-refractivity contribution is 7.80. The largest absolute Gasteiger partial charge is 0.289 e. The number of hydrogen-bond acceptors (Lipinski definition) is 2. The first-order valence-electron chi connectivity index (χ1n) is 4.82. The van der Waals surface area contributed by atoms with Crippen molar-refractivity contribution in [3.63, 3.8) is 0 Å². The Labute approximate surface area is 74.6 Å². The minimum absolute atomic E-state index is 0.578. The van der Waals surface area contributed by atoms with Crippen molar-refractivity contribution in [2.45, 2.75) is 49.9 Å². The van der Waals surface area contributed by atoms with Crippen LogP contribution in [0.3, 0.4) is 0 Å². The predicted octanol–water partition coefficient (Wildman–Crippen LogP) is 2.28. The van der Waals surface area contributed by atoms with Crippen LogP contribution in [0.25, 0.3) is 0 Å². The summed E-state index contributed by atoms with van der Waals surface area (Å²) in [6.45, 7) is 1.30. The van der Waals surface area contributed by atoms with Gasteiger partial charge in [-0.1, -0.05) is 6.42 Å². The molecule has 0 aromatic heterocycles. The Kier molecular flexibility index (Phi) is 2.42. The molecule has 1 nitrogen and oxygen atoms in total. The van der Waals surface area contributed by atoms with Crippen LogP contribution in [-0.2, 0) is 0 Å². The second-order valence-corrected chi connectivity index (χ2v) is 4.40. The van der Waals surface area contributed by atoms with Crippen LogP contribution in [0.15, 0.2) is 0 Å². The van der Waals surface area contributed by atoms with E-state index < -0.39 is 0 Å². The highest BCUT2D eigenvalue weighted by atomic mass is 32.1. The van der Waals surface area contributed by atoms with Crippen molar-refractivity contribution < 1.29 is 0 Å². The molecule has 0 bridgehead atoms. The lowest BCUT2D eigenvalue weighted by atomic mass is 9.93. The molecule has 0 spiro atoms. The first kappa shape index (κ1) is 7.93. The Morgan fingerprint density at radius 1 is 1.00 bits per heavy atom. The summed E-state index contributed by atoms with van der Waals surface area (Å²) in [5.41, 5.74) is 0. The van der Waals surface area contributed by atoms with Gasteiger partial charge in [0.15, 0.2) is 0 Å². The average molecular weight is 171 g/mol. The highest BCUT2D eigenvalue weighted by Gasteiger charge is 2.29. The van der Waals surface area contributed by atoms with E-state index in [1.54, 1.807) is 0 Å². The van der Waals surface area contributed by atoms with E-state index in [2.05, 4.69) is 17.5 Å². The summed E-state index contributed by atoms with van der Waals surface area (Å²) < 4.78 is 0. The topological polar surface area (TPSA) is 3.24 Å². The smallest absolute Gasteiger partial charge is 0.0530 e. The molecular formula is C9H17NS. The molecule has 2 saturated heterocycles. The van der Waals surface area contributed by atoms with Gasteiger partial charge in [-0.15, -0.1) is 0 Å². The maximum absolute atomic E-state index is 4.61. The van der Waals surface area contributed by atoms with Crippen molar-refractivity contribution in [2.75, 3.05) is 6.54 Å². The third kappa shape index (κ3) is 1.57. The fourth-order valence-electron chi connectivity index (χ4n) is 2.43. The van der Waals surface area contributed by atoms with Gasteiger partial charge in [0.2, 0.25) is 0 Å². The van der Waals surface area contributed by atoms with Crippen LogP contribution in [0.1, 0.15) is 38.5 Å². The van der Waals surface area contributed by atoms with Gasteiger partial charge in [-0.25, -0.2) is 0 Å². The monoisotopic (exact) mass is 171 g/mol. The molecule has 2 fully saturated rings. The van der Waals surface area contributed by atoms with Crippen LogP contribution in [0.2, 0.25) is 0 Å². The lowest BCUT2D eigenvalue weighted by Gasteiger charge is -2.43. The maximum atomic E-state index is 4.61. The van der Waals surface area contributed by atoms with Gasteiger partial charge in [-0.05, 0) is 38.6 Å². The van der Waals surface area contributed by atoms with E-state index in [0.29, 0.717) is 5.37 Å². The summed E-state index contributed by atoms with van der Waals surface area (Å²) >= 11 is 4.61. The molecule has 2 atom stereocenters. The molecule has 2 aliphatic rings. The number of rotatable bonds is 0. The van der Waals surface area contributed by atoms with Crippen molar-refractivity contribution in [1.82, 2.24) is 4.90 Å². The Hall–Kier alpha value is 0.310. The van der Waals surface area contributed by atoms with E-state index in [1.807, 2.05) is 0 Å². The van der Waals surface area contributed by atoms with E-state index in [-0.39, 0.29) is 0 Å². The van der Waals surface area contributed by atoms with Gasteiger partial charge in [0.05, 0.1) is 5.37 Å². The summed E-state index contributed by atoms with van der Waals surface area (Å²) in [6.07, 6.45) is 8.40. The van der Waals surface area contributed by atoms with Crippen molar-refractivity contribution >= 4 is 12.6 Å². The fourth-order valence-corrected chi connectivity index (χ4v) is 2.91. The number of thiol groups is 1. The van der Waals surface area contributed by atoms with Crippen LogP contribution in [0.4, 0.5) is 0 Å². The first-order chi connectivity index (χ1) is 5.38. The van der Waals surface area contributed by atoms with Crippen molar-refractivity contribution in [3.8, 4) is 0 Å². The minimum atomic E-state index is 0.578. The van der Waals surface area contributed by atoms with Gasteiger partial charge in [0.1, 0.15) is 0 Å². The zero-order chi connectivity index (χ0) is 7.68. The van der Waals surface area contributed by atoms with Gasteiger partial charge in [-0.3, -0.25) is 4.90 Å². The van der Waals surface area contributed by atoms with Gasteiger partial charge < -0.3 is 0 Å². The second-order valence-electron chi connectivity index (χ2n) is 3.80. The van der Waals surface area contributed by atoms with Gasteiger partial charge in [-0.2, -0.15) is 12.6 Å². The Balaban J connectivity index is 1.99. The van der Waals surface area contributed by atoms with Gasteiger partial charge >= 0.3 is 0 Å². The van der Waals surface area contributed by atoms with Crippen LogP contribution in [0, 0.1) is 0 Å². The van der Waals surface area contributed by atoms with Crippen molar-refractivity contribution in [1.29, 1.82) is 0 Å². The Bertz CT molecular complexity index is 136. The van der Waals surface area contributed by atoms with E-state index >= 15 is 0 Å². The van der Waals surface area contributed by atoms with E-state index in [1.165, 1.54) is 45.1 Å². The third-order valence-electron chi connectivity index (χ3n) is 3.06. The first-order valence-corrected chi connectivity index (χ1v) is 5.33. The molecule has 0 N–H and O–H groups in total. The Morgan fingerprint density at radius 2 is 1.82 bits per heavy atom. The summed E-state index contributed by atoms with van der Waals surface area (Å²) in [5, 5.41) is 0.578. The molecule has 0 saturated carbocycles. The minimum Gasteiger partial charge on any atom is -0.289 e. The number of piperidine rings is 2. The average Bonchev–Trinajstić information content (AvgIpc) is 2.06. The molecule has 0 aliphatic carbocycles. The lowest BCUT2D eigenvalue weighted by Crippen LogP contribution is -2.46. The molecule has 2 heterocycles. The molecular weight excluding hydrogens is 154 g/mol. The van der Waals surface area contributed by atoms with Crippen LogP contribution >= 0.6 is 12.6 Å². The van der Waals surface area contributed by atoms with E-state index in [9.17, 15) is 0 Å². The molecule has 0 aromatic carbocycles. The second kappa shape index (κ2) is 3.36. The van der Waals surface area contributed by atoms with Crippen LogP contribution < -0.4 is 0 Å². The molecule has 0 aromatic rings. The summed E-state index contributed by atoms with van der Waals surface area (Å²) in [4.78, 5) is 2.61. The Morgan fingerprint density at radius 3 is 2.64 bits per heavy atom. The van der Waals surface area contributed by atoms with Crippen molar-refractivity contribution in [2.24, 2.45) is 0 Å². The molecule has 2 rings (SSSR count). The number of fused-ring (bicyclic) bond motifs is 1. The molecule has 0 amide bonds. The standard InChI is InChI=1S/C9H17NS/c11-9-6-3-5-8-4-1-2-7-10(8)9/h8-9,11H,1-7H2. The fraction of sp³-hybridized carbons (Fsp3) is 1.00. The van der Waals surface area contributed by atoms with Gasteiger partial charge in [0.25, 0.3) is 0 Å². The highest BCUT2D eigenvalue weighted by Crippen LogP contribution is 2.31. The maximum Gasteiger partial charge on any atom is 0.0530 e. The molecule has 64 valence electrons. The quantitative estimate of drug-likeness (QED) is 0.547. The molecule has 2 heteroatoms. The van der Waals surface area contributed by atoms with Crippen LogP contribution in [0.5, 0.6) is 0 Å². The van der Waals surface area contributed by atoms with Gasteiger partial charge in [0, 0.05) is 6.04 Å². The lowest BCUT2D eigenvalue weighted by molar-refractivity contribution is 0.0936. The molecule has 11 heavy (non-hydrogen) atoms. The zero-order valence-corrected chi connectivity index (χ0v) is 7.89. The molecule has 2 aliphatic heterocycles. The normalized spacial score (nSPS) is 40.1. The summed E-state index contributed by atoms with van der Waals surface area (Å²) in [5.74, 6) is 0. The third-order valence-corrected chi connectivity index (χ3v) is 3.61. The SMILES string of the molecule is SC1CCCC2CCCCN12. The van der Waals surface area contributed by atoms with E-state index in [4.69, 9.17) is 0 Å². The van der Waals surface area contributed by atoms with E-state index in [0.717, 1.165) is 6.04 Å². The predicted molar refractivity (Wildman–Crippen MR) is 51.0 cm³/mol. The number of hydrogen-bond donors (Lipinski definition) is 1. The van der Waals surface area contributed by atoms with Crippen LogP contribution in [-0.4, -0.2) is 22.9 Å². The number of nitrogens with zero attached hydrogens (tertiary/aromatic N) is 1. The molecule has 2 unspecified atom stereocenters. The zero-order valence-electron chi connectivity index (χ0n) is 7.00.